The Morgan fingerprint density at radius 3 is 3.03 bits per heavy atom. The first-order valence-electron chi connectivity index (χ1n) is 10.2. The monoisotopic (exact) mass is 406 g/mol. The fraction of sp³-hybridized carbons (Fsp3) is 0.304. The Morgan fingerprint density at radius 1 is 1.40 bits per heavy atom. The van der Waals surface area contributed by atoms with Crippen molar-refractivity contribution in [2.45, 2.75) is 25.3 Å². The van der Waals surface area contributed by atoms with Gasteiger partial charge in [0, 0.05) is 37.0 Å². The summed E-state index contributed by atoms with van der Waals surface area (Å²) in [4.78, 5) is 12.9. The Labute approximate surface area is 174 Å². The molecular weight excluding hydrogens is 383 g/mol. The van der Waals surface area contributed by atoms with E-state index in [1.54, 1.807) is 12.1 Å². The molecule has 7 heteroatoms. The summed E-state index contributed by atoms with van der Waals surface area (Å²) in [6.45, 7) is 0.720. The van der Waals surface area contributed by atoms with E-state index in [-0.39, 0.29) is 18.4 Å². The molecule has 0 saturated heterocycles. The maximum absolute atomic E-state index is 14.4. The summed E-state index contributed by atoms with van der Waals surface area (Å²) >= 11 is 0. The van der Waals surface area contributed by atoms with Crippen molar-refractivity contribution in [1.82, 2.24) is 15.6 Å². The van der Waals surface area contributed by atoms with E-state index in [1.807, 2.05) is 19.2 Å². The average Bonchev–Trinajstić information content (AvgIpc) is 3.05. The second-order valence-corrected chi connectivity index (χ2v) is 8.15. The van der Waals surface area contributed by atoms with Crippen LogP contribution in [0.5, 0.6) is 0 Å². The van der Waals surface area contributed by atoms with Crippen LogP contribution in [0.25, 0.3) is 11.6 Å². The number of rotatable bonds is 4. The highest BCUT2D eigenvalue weighted by atomic mass is 19.1. The van der Waals surface area contributed by atoms with Gasteiger partial charge in [0.25, 0.3) is 0 Å². The van der Waals surface area contributed by atoms with Crippen LogP contribution in [0.15, 0.2) is 52.4 Å². The van der Waals surface area contributed by atoms with E-state index in [0.717, 1.165) is 65.1 Å². The first-order valence-corrected chi connectivity index (χ1v) is 10.2. The Morgan fingerprint density at radius 2 is 2.27 bits per heavy atom. The molecule has 0 fully saturated rings. The summed E-state index contributed by atoms with van der Waals surface area (Å²) in [7, 11) is 2.02. The minimum atomic E-state index is -0.838. The molecule has 1 atom stereocenters. The maximum Gasteiger partial charge on any atom is 0.317 e. The lowest BCUT2D eigenvalue weighted by atomic mass is 9.85. The number of benzene rings is 1. The quantitative estimate of drug-likeness (QED) is 0.717. The number of aliphatic carboxylic acids is 1. The molecule has 1 unspecified atom stereocenters. The normalized spacial score (nSPS) is 21.9. The molecule has 0 radical (unpaired) electrons. The molecule has 30 heavy (non-hydrogen) atoms. The van der Waals surface area contributed by atoms with Crippen LogP contribution in [-0.4, -0.2) is 47.9 Å². The van der Waals surface area contributed by atoms with Crippen molar-refractivity contribution in [2.75, 3.05) is 20.1 Å². The topological polar surface area (TPSA) is 77.0 Å². The number of nitrogens with zero attached hydrogens (tertiary/aromatic N) is 2. The highest BCUT2D eigenvalue weighted by Crippen LogP contribution is 2.40. The minimum absolute atomic E-state index is 0.0192. The van der Waals surface area contributed by atoms with Crippen LogP contribution in [0.2, 0.25) is 0 Å². The standard InChI is InChI=1S/C23H23FN4O2/c1-28-11-18(13-2-5-16(6-3-13)25-10-21(29)30)23-19(12-28)17-9-15(24)8-14-4-7-20(22(14)17)26-27-23/h2,4,7-9,12,16,25,27H,3,5-6,10-11H2,1H3,(H,29,30). The van der Waals surface area contributed by atoms with Crippen molar-refractivity contribution in [1.29, 1.82) is 0 Å². The summed E-state index contributed by atoms with van der Waals surface area (Å²) in [6.07, 6.45) is 10.6. The van der Waals surface area contributed by atoms with Gasteiger partial charge in [-0.2, -0.15) is 5.10 Å². The van der Waals surface area contributed by atoms with Crippen molar-refractivity contribution in [3.63, 3.8) is 0 Å². The first kappa shape index (κ1) is 18.8. The predicted molar refractivity (Wildman–Crippen MR) is 114 cm³/mol. The molecular formula is C23H23FN4O2. The number of allylic oxidation sites excluding steroid dienone is 2. The molecule has 0 saturated carbocycles. The van der Waals surface area contributed by atoms with E-state index in [1.165, 1.54) is 5.57 Å². The Kier molecular flexibility index (Phi) is 4.55. The molecule has 0 bridgehead atoms. The number of hydrazone groups is 1. The summed E-state index contributed by atoms with van der Waals surface area (Å²) in [5.74, 6) is -1.09. The van der Waals surface area contributed by atoms with Crippen LogP contribution in [-0.2, 0) is 4.79 Å². The molecule has 1 aromatic carbocycles. The van der Waals surface area contributed by atoms with Gasteiger partial charge in [0.05, 0.1) is 18.0 Å². The second-order valence-electron chi connectivity index (χ2n) is 8.15. The summed E-state index contributed by atoms with van der Waals surface area (Å²) in [6, 6.07) is 3.32. The number of nitrogens with one attached hydrogen (secondary N) is 2. The van der Waals surface area contributed by atoms with Crippen LogP contribution >= 0.6 is 0 Å². The van der Waals surface area contributed by atoms with Crippen LogP contribution in [0.3, 0.4) is 0 Å². The van der Waals surface area contributed by atoms with Crippen molar-refractivity contribution in [3.8, 4) is 0 Å². The second kappa shape index (κ2) is 7.25. The molecule has 0 spiro atoms. The van der Waals surface area contributed by atoms with E-state index >= 15 is 0 Å². The summed E-state index contributed by atoms with van der Waals surface area (Å²) in [5, 5.41) is 16.6. The molecule has 1 aromatic rings. The number of carboxylic acids is 1. The summed E-state index contributed by atoms with van der Waals surface area (Å²) < 4.78 is 14.4. The number of carbonyl (C=O) groups is 1. The van der Waals surface area contributed by atoms with Crippen LogP contribution in [0.1, 0.15) is 36.0 Å². The van der Waals surface area contributed by atoms with Gasteiger partial charge >= 0.3 is 5.97 Å². The van der Waals surface area contributed by atoms with Gasteiger partial charge < -0.3 is 15.3 Å². The SMILES string of the molecule is CN1C=C2C(=C(C3=CCC(NCC(=O)O)CC3)C1)NN=C1C=Cc3cc(F)cc2c31. The van der Waals surface area contributed by atoms with Crippen molar-refractivity contribution < 1.29 is 14.3 Å². The number of halogens is 1. The maximum atomic E-state index is 14.4. The fourth-order valence-electron chi connectivity index (χ4n) is 4.66. The summed E-state index contributed by atoms with van der Waals surface area (Å²) in [5.41, 5.74) is 11.1. The van der Waals surface area contributed by atoms with E-state index in [2.05, 4.69) is 33.0 Å². The average molecular weight is 406 g/mol. The van der Waals surface area contributed by atoms with Crippen LogP contribution in [0.4, 0.5) is 4.39 Å². The molecule has 4 aliphatic rings. The van der Waals surface area contributed by atoms with Gasteiger partial charge in [0.15, 0.2) is 0 Å². The number of hydrogen-bond acceptors (Lipinski definition) is 5. The Bertz CT molecular complexity index is 1100. The molecule has 3 N–H and O–H groups in total. The van der Waals surface area contributed by atoms with Gasteiger partial charge in [-0.15, -0.1) is 0 Å². The first-order chi connectivity index (χ1) is 14.5. The lowest BCUT2D eigenvalue weighted by molar-refractivity contribution is -0.136. The highest BCUT2D eigenvalue weighted by Gasteiger charge is 2.30. The van der Waals surface area contributed by atoms with Gasteiger partial charge in [-0.3, -0.25) is 10.2 Å². The van der Waals surface area contributed by atoms with Gasteiger partial charge in [-0.25, -0.2) is 4.39 Å². The Balaban J connectivity index is 1.53. The third kappa shape index (κ3) is 3.25. The van der Waals surface area contributed by atoms with Crippen LogP contribution < -0.4 is 10.7 Å². The number of hydrogen-bond donors (Lipinski definition) is 3. The molecule has 154 valence electrons. The highest BCUT2D eigenvalue weighted by molar-refractivity contribution is 6.20. The van der Waals surface area contributed by atoms with Gasteiger partial charge in [-0.05, 0) is 59.7 Å². The zero-order chi connectivity index (χ0) is 20.8. The zero-order valence-electron chi connectivity index (χ0n) is 16.7. The third-order valence-electron chi connectivity index (χ3n) is 6.06. The number of fused-ring (bicyclic) bond motifs is 2. The van der Waals surface area contributed by atoms with Gasteiger partial charge in [0.2, 0.25) is 0 Å². The largest absolute Gasteiger partial charge is 0.480 e. The minimum Gasteiger partial charge on any atom is -0.480 e. The van der Waals surface area contributed by atoms with Crippen molar-refractivity contribution >= 4 is 23.3 Å². The molecule has 0 aromatic heterocycles. The number of carboxylic acid groups (broad SMARTS) is 1. The molecule has 2 heterocycles. The molecule has 6 nitrogen and oxygen atoms in total. The Hall–Kier alpha value is -3.19. The number of likely N-dealkylation sites (N-methyl/N-ethyl adjacent to an activating group) is 1. The third-order valence-corrected chi connectivity index (χ3v) is 6.06. The van der Waals surface area contributed by atoms with Crippen molar-refractivity contribution in [3.05, 3.63) is 69.8 Å². The molecule has 0 amide bonds. The van der Waals surface area contributed by atoms with E-state index in [9.17, 15) is 9.18 Å². The van der Waals surface area contributed by atoms with E-state index in [4.69, 9.17) is 5.11 Å². The molecule has 2 aliphatic heterocycles. The fourth-order valence-corrected chi connectivity index (χ4v) is 4.66. The predicted octanol–water partition coefficient (Wildman–Crippen LogP) is 2.85. The molecule has 5 rings (SSSR count). The van der Waals surface area contributed by atoms with Gasteiger partial charge in [-0.1, -0.05) is 12.2 Å². The van der Waals surface area contributed by atoms with Crippen molar-refractivity contribution in [2.24, 2.45) is 5.10 Å². The lowest BCUT2D eigenvalue weighted by Crippen LogP contribution is -2.35. The van der Waals surface area contributed by atoms with Crippen LogP contribution in [0, 0.1) is 5.82 Å². The van der Waals surface area contributed by atoms with E-state index < -0.39 is 5.97 Å². The van der Waals surface area contributed by atoms with Gasteiger partial charge in [0.1, 0.15) is 5.82 Å². The van der Waals surface area contributed by atoms with E-state index in [0.29, 0.717) is 0 Å². The lowest BCUT2D eigenvalue weighted by Gasteiger charge is -2.31. The molecule has 2 aliphatic carbocycles. The smallest absolute Gasteiger partial charge is 0.317 e. The zero-order valence-corrected chi connectivity index (χ0v) is 16.7.